The van der Waals surface area contributed by atoms with Gasteiger partial charge in [0.1, 0.15) is 11.6 Å². The fourth-order valence-corrected chi connectivity index (χ4v) is 5.12. The maximum atomic E-state index is 14.1. The Hall–Kier alpha value is -3.14. The molecular formula is C28H33F4N3O3. The Morgan fingerprint density at radius 3 is 1.87 bits per heavy atom. The minimum Gasteiger partial charge on any atom is -0.444 e. The van der Waals surface area contributed by atoms with Gasteiger partial charge in [-0.1, -0.05) is 12.1 Å². The van der Waals surface area contributed by atoms with Crippen molar-refractivity contribution in [3.8, 4) is 0 Å². The van der Waals surface area contributed by atoms with Crippen LogP contribution < -0.4 is 0 Å². The first kappa shape index (κ1) is 27.9. The number of carbonyl (C=O) groups is 2. The molecule has 2 saturated heterocycles. The standard InChI is InChI=1S/C28H33F4N3O3/c1-28(2,3)38-27(37)35-11-5-4-6-24(35)26(36)34-14-12-33(13-15-34)25(18-7-9-20(29)22(31)16-18)19-8-10-21(30)23(32)17-19/h7-10,16-17,24-25H,4-6,11-15H2,1-3H3/t24-/m0/s1. The molecule has 0 radical (unpaired) electrons. The fourth-order valence-electron chi connectivity index (χ4n) is 5.12. The smallest absolute Gasteiger partial charge is 0.410 e. The zero-order chi connectivity index (χ0) is 27.6. The third-order valence-corrected chi connectivity index (χ3v) is 6.93. The van der Waals surface area contributed by atoms with E-state index in [-0.39, 0.29) is 5.91 Å². The molecule has 38 heavy (non-hydrogen) atoms. The second-order valence-corrected chi connectivity index (χ2v) is 10.8. The Balaban J connectivity index is 1.51. The summed E-state index contributed by atoms with van der Waals surface area (Å²) in [6, 6.07) is 5.67. The maximum Gasteiger partial charge on any atom is 0.410 e. The van der Waals surface area contributed by atoms with Crippen LogP contribution in [0.2, 0.25) is 0 Å². The van der Waals surface area contributed by atoms with Gasteiger partial charge in [0.15, 0.2) is 23.3 Å². The summed E-state index contributed by atoms with van der Waals surface area (Å²) in [6.07, 6.45) is 1.65. The number of amides is 2. The van der Waals surface area contributed by atoms with Gasteiger partial charge in [-0.2, -0.15) is 0 Å². The fraction of sp³-hybridized carbons (Fsp3) is 0.500. The monoisotopic (exact) mass is 535 g/mol. The first-order valence-corrected chi connectivity index (χ1v) is 12.9. The van der Waals surface area contributed by atoms with Gasteiger partial charge in [-0.15, -0.1) is 0 Å². The minimum absolute atomic E-state index is 0.160. The molecule has 6 nitrogen and oxygen atoms in total. The van der Waals surface area contributed by atoms with Gasteiger partial charge in [0.25, 0.3) is 0 Å². The molecule has 0 bridgehead atoms. The van der Waals surface area contributed by atoms with Gasteiger partial charge in [-0.3, -0.25) is 14.6 Å². The summed E-state index contributed by atoms with van der Waals surface area (Å²) in [5.74, 6) is -4.25. The highest BCUT2D eigenvalue weighted by atomic mass is 19.2. The van der Waals surface area contributed by atoms with Crippen molar-refractivity contribution in [2.24, 2.45) is 0 Å². The number of ether oxygens (including phenoxy) is 1. The maximum absolute atomic E-state index is 14.1. The molecule has 0 saturated carbocycles. The Morgan fingerprint density at radius 1 is 0.816 bits per heavy atom. The van der Waals surface area contributed by atoms with Crippen LogP contribution in [-0.4, -0.2) is 71.1 Å². The number of piperazine rings is 1. The topological polar surface area (TPSA) is 53.1 Å². The molecule has 2 heterocycles. The first-order valence-electron chi connectivity index (χ1n) is 12.9. The van der Waals surface area contributed by atoms with Crippen LogP contribution in [0.25, 0.3) is 0 Å². The highest BCUT2D eigenvalue weighted by molar-refractivity contribution is 5.86. The number of likely N-dealkylation sites (tertiary alicyclic amines) is 1. The van der Waals surface area contributed by atoms with Crippen molar-refractivity contribution in [3.05, 3.63) is 70.8 Å². The van der Waals surface area contributed by atoms with E-state index in [1.807, 2.05) is 4.90 Å². The molecule has 2 amide bonds. The molecule has 0 spiro atoms. The SMILES string of the molecule is CC(C)(C)OC(=O)N1CCCC[C@H]1C(=O)N1CCN(C(c2ccc(F)c(F)c2)c2ccc(F)c(F)c2)CC1. The quantitative estimate of drug-likeness (QED) is 0.501. The van der Waals surface area contributed by atoms with Crippen molar-refractivity contribution in [3.63, 3.8) is 0 Å². The summed E-state index contributed by atoms with van der Waals surface area (Å²) in [7, 11) is 0. The summed E-state index contributed by atoms with van der Waals surface area (Å²) in [4.78, 5) is 31.4. The molecule has 206 valence electrons. The second kappa shape index (κ2) is 11.3. The third kappa shape index (κ3) is 6.28. The van der Waals surface area contributed by atoms with E-state index >= 15 is 0 Å². The molecular weight excluding hydrogens is 502 g/mol. The average molecular weight is 536 g/mol. The van der Waals surface area contributed by atoms with E-state index in [2.05, 4.69) is 0 Å². The summed E-state index contributed by atoms with van der Waals surface area (Å²) in [6.45, 7) is 7.13. The van der Waals surface area contributed by atoms with E-state index in [1.165, 1.54) is 17.0 Å². The van der Waals surface area contributed by atoms with Crippen molar-refractivity contribution in [1.29, 1.82) is 0 Å². The molecule has 0 unspecified atom stereocenters. The number of carbonyl (C=O) groups excluding carboxylic acids is 2. The van der Waals surface area contributed by atoms with Crippen LogP contribution in [0.4, 0.5) is 22.4 Å². The lowest BCUT2D eigenvalue weighted by molar-refractivity contribution is -0.140. The lowest BCUT2D eigenvalue weighted by Crippen LogP contribution is -2.58. The Morgan fingerprint density at radius 2 is 1.37 bits per heavy atom. The van der Waals surface area contributed by atoms with Gasteiger partial charge < -0.3 is 9.64 Å². The van der Waals surface area contributed by atoms with Gasteiger partial charge in [-0.05, 0) is 75.4 Å². The van der Waals surface area contributed by atoms with Crippen LogP contribution in [0.3, 0.4) is 0 Å². The molecule has 4 rings (SSSR count). The van der Waals surface area contributed by atoms with Crippen LogP contribution in [0.5, 0.6) is 0 Å². The summed E-state index contributed by atoms with van der Waals surface area (Å²) < 4.78 is 61.0. The van der Waals surface area contributed by atoms with Gasteiger partial charge in [0, 0.05) is 32.7 Å². The number of halogens is 4. The number of hydrogen-bond acceptors (Lipinski definition) is 4. The Bertz CT molecular complexity index is 1130. The van der Waals surface area contributed by atoms with Gasteiger partial charge in [0.2, 0.25) is 5.91 Å². The van der Waals surface area contributed by atoms with Gasteiger partial charge >= 0.3 is 6.09 Å². The van der Waals surface area contributed by atoms with Crippen LogP contribution in [0.1, 0.15) is 57.2 Å². The molecule has 0 aliphatic carbocycles. The number of benzene rings is 2. The van der Waals surface area contributed by atoms with Crippen LogP contribution in [0.15, 0.2) is 36.4 Å². The lowest BCUT2D eigenvalue weighted by Gasteiger charge is -2.43. The molecule has 0 aromatic heterocycles. The van der Waals surface area contributed by atoms with E-state index in [4.69, 9.17) is 4.74 Å². The second-order valence-electron chi connectivity index (χ2n) is 10.8. The molecule has 2 aromatic rings. The third-order valence-electron chi connectivity index (χ3n) is 6.93. The molecule has 2 aliphatic rings. The van der Waals surface area contributed by atoms with E-state index in [0.717, 1.165) is 37.1 Å². The number of hydrogen-bond donors (Lipinski definition) is 0. The number of rotatable bonds is 4. The number of nitrogens with zero attached hydrogens (tertiary/aromatic N) is 3. The zero-order valence-corrected chi connectivity index (χ0v) is 21.9. The Kier molecular flexibility index (Phi) is 8.30. The molecule has 2 fully saturated rings. The Labute approximate surface area is 220 Å². The van der Waals surface area contributed by atoms with E-state index in [0.29, 0.717) is 50.3 Å². The molecule has 2 aromatic carbocycles. The predicted molar refractivity (Wildman–Crippen MR) is 133 cm³/mol. The lowest BCUT2D eigenvalue weighted by atomic mass is 9.95. The van der Waals surface area contributed by atoms with Crippen molar-refractivity contribution in [2.45, 2.75) is 57.7 Å². The largest absolute Gasteiger partial charge is 0.444 e. The highest BCUT2D eigenvalue weighted by Crippen LogP contribution is 2.32. The minimum atomic E-state index is -1.04. The van der Waals surface area contributed by atoms with Crippen molar-refractivity contribution in [2.75, 3.05) is 32.7 Å². The molecule has 0 N–H and O–H groups in total. The van der Waals surface area contributed by atoms with Crippen LogP contribution in [0, 0.1) is 23.3 Å². The van der Waals surface area contributed by atoms with Crippen LogP contribution >= 0.6 is 0 Å². The molecule has 2 aliphatic heterocycles. The van der Waals surface area contributed by atoms with Crippen LogP contribution in [-0.2, 0) is 9.53 Å². The van der Waals surface area contributed by atoms with E-state index in [1.54, 1.807) is 25.7 Å². The zero-order valence-electron chi connectivity index (χ0n) is 21.9. The molecule has 10 heteroatoms. The van der Waals surface area contributed by atoms with Crippen molar-refractivity contribution in [1.82, 2.24) is 14.7 Å². The van der Waals surface area contributed by atoms with Gasteiger partial charge in [0.05, 0.1) is 6.04 Å². The molecule has 1 atom stereocenters. The highest BCUT2D eigenvalue weighted by Gasteiger charge is 2.38. The van der Waals surface area contributed by atoms with E-state index in [9.17, 15) is 27.2 Å². The van der Waals surface area contributed by atoms with Crippen molar-refractivity contribution >= 4 is 12.0 Å². The first-order chi connectivity index (χ1) is 17.9. The summed E-state index contributed by atoms with van der Waals surface area (Å²) in [5.41, 5.74) is 0.0960. The summed E-state index contributed by atoms with van der Waals surface area (Å²) in [5, 5.41) is 0. The van der Waals surface area contributed by atoms with Crippen molar-refractivity contribution < 1.29 is 31.9 Å². The normalized spacial score (nSPS) is 19.1. The van der Waals surface area contributed by atoms with E-state index < -0.39 is 47.0 Å². The van der Waals surface area contributed by atoms with Gasteiger partial charge in [-0.25, -0.2) is 22.4 Å². The average Bonchev–Trinajstić information content (AvgIpc) is 2.87. The number of piperidine rings is 1. The predicted octanol–water partition coefficient (Wildman–Crippen LogP) is 5.27. The summed E-state index contributed by atoms with van der Waals surface area (Å²) >= 11 is 0.